The van der Waals surface area contributed by atoms with Crippen molar-refractivity contribution in [1.82, 2.24) is 5.32 Å². The van der Waals surface area contributed by atoms with Crippen molar-refractivity contribution >= 4 is 18.2 Å². The van der Waals surface area contributed by atoms with E-state index in [9.17, 15) is 14.4 Å². The van der Waals surface area contributed by atoms with Gasteiger partial charge in [0.25, 0.3) is 0 Å². The van der Waals surface area contributed by atoms with E-state index in [2.05, 4.69) is 5.32 Å². The maximum Gasteiger partial charge on any atom is 0.217 e. The molecule has 0 bridgehead atoms. The predicted molar refractivity (Wildman–Crippen MR) is 94.7 cm³/mol. The molecule has 138 valence electrons. The Morgan fingerprint density at radius 2 is 1.72 bits per heavy atom. The van der Waals surface area contributed by atoms with Gasteiger partial charge in [0.05, 0.1) is 6.04 Å². The fraction of sp³-hybridized carbons (Fsp3) is 0.500. The smallest absolute Gasteiger partial charge is 0.217 e. The average molecular weight is 349 g/mol. The van der Waals surface area contributed by atoms with Gasteiger partial charge < -0.3 is 21.5 Å². The zero-order chi connectivity index (χ0) is 18.5. The number of rotatable bonds is 14. The molecule has 0 aliphatic heterocycles. The number of unbranched alkanes of at least 4 members (excludes halogenated alkanes) is 2. The first-order chi connectivity index (χ1) is 12.0. The molecule has 0 spiro atoms. The Hall–Kier alpha value is -2.57. The van der Waals surface area contributed by atoms with Gasteiger partial charge in [-0.2, -0.15) is 0 Å². The number of nitrogens with two attached hydrogens (primary N) is 2. The molecule has 5 N–H and O–H groups in total. The van der Waals surface area contributed by atoms with Gasteiger partial charge in [-0.25, -0.2) is 0 Å². The van der Waals surface area contributed by atoms with E-state index < -0.39 is 5.91 Å². The minimum atomic E-state index is -0.405. The van der Waals surface area contributed by atoms with Crippen LogP contribution in [0.25, 0.3) is 0 Å². The van der Waals surface area contributed by atoms with Crippen molar-refractivity contribution in [2.45, 2.75) is 51.0 Å². The number of hydrogen-bond donors (Lipinski definition) is 3. The lowest BCUT2D eigenvalue weighted by molar-refractivity contribution is -0.119. The van der Waals surface area contributed by atoms with Crippen LogP contribution in [0.4, 0.5) is 0 Å². The van der Waals surface area contributed by atoms with Gasteiger partial charge in [-0.15, -0.1) is 0 Å². The number of aryl methyl sites for hydroxylation is 1. The van der Waals surface area contributed by atoms with Gasteiger partial charge in [-0.05, 0) is 43.4 Å². The van der Waals surface area contributed by atoms with E-state index in [1.807, 2.05) is 24.3 Å². The monoisotopic (exact) mass is 349 g/mol. The van der Waals surface area contributed by atoms with Crippen molar-refractivity contribution in [2.24, 2.45) is 11.5 Å². The van der Waals surface area contributed by atoms with Gasteiger partial charge in [0.1, 0.15) is 12.4 Å². The van der Waals surface area contributed by atoms with Crippen molar-refractivity contribution in [1.29, 1.82) is 0 Å². The molecular weight excluding hydrogens is 322 g/mol. The molecule has 0 saturated heterocycles. The Balaban J connectivity index is 2.33. The molecular formula is C18H27N3O4. The summed E-state index contributed by atoms with van der Waals surface area (Å²) in [5.41, 5.74) is 11.4. The van der Waals surface area contributed by atoms with E-state index in [0.717, 1.165) is 25.7 Å². The van der Waals surface area contributed by atoms with Gasteiger partial charge in [0, 0.05) is 12.8 Å². The molecule has 0 aromatic heterocycles. The highest BCUT2D eigenvalue weighted by atomic mass is 16.5. The van der Waals surface area contributed by atoms with Crippen molar-refractivity contribution in [3.63, 3.8) is 0 Å². The van der Waals surface area contributed by atoms with Crippen LogP contribution < -0.4 is 21.5 Å². The van der Waals surface area contributed by atoms with E-state index in [1.165, 1.54) is 5.56 Å². The summed E-state index contributed by atoms with van der Waals surface area (Å²) in [5.74, 6) is 0.0480. The van der Waals surface area contributed by atoms with Gasteiger partial charge in [0.15, 0.2) is 0 Å². The lowest BCUT2D eigenvalue weighted by Gasteiger charge is -2.16. The van der Waals surface area contributed by atoms with Crippen molar-refractivity contribution < 1.29 is 19.1 Å². The Kier molecular flexibility index (Phi) is 9.74. The van der Waals surface area contributed by atoms with E-state index in [-0.39, 0.29) is 25.0 Å². The van der Waals surface area contributed by atoms with Crippen molar-refractivity contribution in [3.05, 3.63) is 29.8 Å². The van der Waals surface area contributed by atoms with Crippen LogP contribution in [-0.4, -0.2) is 30.9 Å². The largest absolute Gasteiger partial charge is 0.491 e. The lowest BCUT2D eigenvalue weighted by Crippen LogP contribution is -2.34. The number of primary amides is 2. The molecule has 0 fully saturated rings. The van der Waals surface area contributed by atoms with Crippen LogP contribution in [0.15, 0.2) is 24.3 Å². The second-order valence-electron chi connectivity index (χ2n) is 5.97. The number of benzene rings is 1. The Bertz CT molecular complexity index is 546. The summed E-state index contributed by atoms with van der Waals surface area (Å²) in [5, 5.41) is 2.62. The van der Waals surface area contributed by atoms with E-state index in [0.29, 0.717) is 25.0 Å². The van der Waals surface area contributed by atoms with Crippen LogP contribution in [0, 0.1) is 0 Å². The summed E-state index contributed by atoms with van der Waals surface area (Å²) in [6, 6.07) is 7.49. The molecule has 0 aliphatic rings. The molecule has 1 aromatic rings. The molecule has 1 atom stereocenters. The maximum absolute atomic E-state index is 10.8. The standard InChI is InChI=1S/C18H27N3O4/c19-17(23)5-3-1-2-4-14-6-9-16(10-7-14)25-12-15(21-13-22)8-11-18(20)24/h6-7,9-10,13,15H,1-5,8,11-12H2,(H2,19,23)(H2,20,24)(H,21,22)/t15-/m0/s1. The number of nitrogens with one attached hydrogen (secondary N) is 1. The highest BCUT2D eigenvalue weighted by Gasteiger charge is 2.10. The maximum atomic E-state index is 10.8. The Morgan fingerprint density at radius 1 is 1.04 bits per heavy atom. The minimum absolute atomic E-state index is 0.198. The summed E-state index contributed by atoms with van der Waals surface area (Å²) in [4.78, 5) is 32.1. The molecule has 0 aliphatic carbocycles. The van der Waals surface area contributed by atoms with E-state index >= 15 is 0 Å². The summed E-state index contributed by atoms with van der Waals surface area (Å²) in [6.45, 7) is 0.276. The molecule has 25 heavy (non-hydrogen) atoms. The molecule has 0 unspecified atom stereocenters. The molecule has 0 heterocycles. The quantitative estimate of drug-likeness (QED) is 0.343. The minimum Gasteiger partial charge on any atom is -0.491 e. The number of carbonyl (C=O) groups excluding carboxylic acids is 3. The summed E-state index contributed by atoms with van der Waals surface area (Å²) in [7, 11) is 0. The van der Waals surface area contributed by atoms with E-state index in [1.54, 1.807) is 0 Å². The van der Waals surface area contributed by atoms with Crippen LogP contribution in [-0.2, 0) is 20.8 Å². The van der Waals surface area contributed by atoms with Gasteiger partial charge in [-0.1, -0.05) is 18.6 Å². The summed E-state index contributed by atoms with van der Waals surface area (Å²) in [6.07, 6.45) is 5.42. The third-order valence-electron chi connectivity index (χ3n) is 3.81. The van der Waals surface area contributed by atoms with Crippen LogP contribution in [0.1, 0.15) is 44.1 Å². The average Bonchev–Trinajstić information content (AvgIpc) is 2.57. The second-order valence-corrected chi connectivity index (χ2v) is 5.97. The first-order valence-electron chi connectivity index (χ1n) is 8.49. The lowest BCUT2D eigenvalue weighted by atomic mass is 10.1. The summed E-state index contributed by atoms with van der Waals surface area (Å²) >= 11 is 0. The van der Waals surface area contributed by atoms with E-state index in [4.69, 9.17) is 16.2 Å². The fourth-order valence-electron chi connectivity index (χ4n) is 2.38. The molecule has 0 saturated carbocycles. The first-order valence-corrected chi connectivity index (χ1v) is 8.49. The number of carbonyl (C=O) groups is 3. The third kappa shape index (κ3) is 10.0. The molecule has 1 aromatic carbocycles. The first kappa shape index (κ1) is 20.5. The van der Waals surface area contributed by atoms with Crippen molar-refractivity contribution in [3.8, 4) is 5.75 Å². The highest BCUT2D eigenvalue weighted by molar-refractivity contribution is 5.74. The van der Waals surface area contributed by atoms with Crippen LogP contribution in [0.2, 0.25) is 0 Å². The molecule has 0 radical (unpaired) electrons. The predicted octanol–water partition coefficient (Wildman–Crippen LogP) is 1.03. The van der Waals surface area contributed by atoms with Crippen molar-refractivity contribution in [2.75, 3.05) is 6.61 Å². The van der Waals surface area contributed by atoms with Crippen LogP contribution >= 0.6 is 0 Å². The zero-order valence-electron chi connectivity index (χ0n) is 14.4. The Morgan fingerprint density at radius 3 is 2.32 bits per heavy atom. The van der Waals surface area contributed by atoms with Crippen LogP contribution in [0.5, 0.6) is 5.75 Å². The molecule has 1 rings (SSSR count). The normalized spacial score (nSPS) is 11.5. The zero-order valence-corrected chi connectivity index (χ0v) is 14.4. The second kappa shape index (κ2) is 11.9. The Labute approximate surface area is 148 Å². The van der Waals surface area contributed by atoms with Crippen LogP contribution in [0.3, 0.4) is 0 Å². The number of hydrogen-bond acceptors (Lipinski definition) is 4. The topological polar surface area (TPSA) is 125 Å². The SMILES string of the molecule is NC(=O)CCCCCc1ccc(OC[C@H](CCC(N)=O)NC=O)cc1. The molecule has 7 nitrogen and oxygen atoms in total. The van der Waals surface area contributed by atoms with Gasteiger partial charge in [-0.3, -0.25) is 14.4 Å². The number of amides is 3. The molecule has 7 heteroatoms. The van der Waals surface area contributed by atoms with Gasteiger partial charge >= 0.3 is 0 Å². The molecule has 3 amide bonds. The fourth-order valence-corrected chi connectivity index (χ4v) is 2.38. The number of ether oxygens (including phenoxy) is 1. The third-order valence-corrected chi connectivity index (χ3v) is 3.81. The highest BCUT2D eigenvalue weighted by Crippen LogP contribution is 2.15. The summed E-state index contributed by atoms with van der Waals surface area (Å²) < 4.78 is 5.65. The van der Waals surface area contributed by atoms with Gasteiger partial charge in [0.2, 0.25) is 18.2 Å².